The molecule has 0 aliphatic carbocycles. The van der Waals surface area contributed by atoms with Gasteiger partial charge in [0, 0.05) is 25.8 Å². The molecule has 13 heteroatoms. The van der Waals surface area contributed by atoms with Crippen molar-refractivity contribution in [3.05, 3.63) is 46.6 Å². The number of aromatic nitrogens is 1. The van der Waals surface area contributed by atoms with E-state index in [2.05, 4.69) is 20.9 Å². The highest BCUT2D eigenvalue weighted by molar-refractivity contribution is 6.32. The molecule has 0 aliphatic rings. The number of pyridine rings is 1. The van der Waals surface area contributed by atoms with Gasteiger partial charge in [-0.2, -0.15) is 26.3 Å². The minimum atomic E-state index is -4.58. The lowest BCUT2D eigenvalue weighted by Crippen LogP contribution is -2.24. The fourth-order valence-corrected chi connectivity index (χ4v) is 2.65. The van der Waals surface area contributed by atoms with Gasteiger partial charge in [0.05, 0.1) is 40.2 Å². The fourth-order valence-electron chi connectivity index (χ4n) is 2.41. The maximum Gasteiger partial charge on any atom is 0.417 e. The molecular weight excluding hydrogens is 454 g/mol. The predicted molar refractivity (Wildman–Crippen MR) is 104 cm³/mol. The van der Waals surface area contributed by atoms with E-state index in [1.54, 1.807) is 0 Å². The van der Waals surface area contributed by atoms with Gasteiger partial charge in [0.1, 0.15) is 5.82 Å². The number of rotatable bonds is 9. The monoisotopic (exact) mass is 472 g/mol. The van der Waals surface area contributed by atoms with Crippen LogP contribution in [0.2, 0.25) is 5.02 Å². The van der Waals surface area contributed by atoms with Crippen LogP contribution in [0.15, 0.2) is 30.5 Å². The van der Waals surface area contributed by atoms with Gasteiger partial charge in [0.15, 0.2) is 0 Å². The molecule has 0 saturated heterocycles. The van der Waals surface area contributed by atoms with E-state index in [0.29, 0.717) is 6.20 Å². The van der Waals surface area contributed by atoms with Gasteiger partial charge in [-0.1, -0.05) is 11.6 Å². The number of nitrogens with zero attached hydrogens (tertiary/aromatic N) is 1. The van der Waals surface area contributed by atoms with Crippen LogP contribution in [-0.2, 0) is 12.4 Å². The first-order valence-corrected chi connectivity index (χ1v) is 9.24. The number of anilines is 3. The van der Waals surface area contributed by atoms with Crippen LogP contribution in [0.3, 0.4) is 0 Å². The summed E-state index contributed by atoms with van der Waals surface area (Å²) in [4.78, 5) is 3.62. The zero-order valence-corrected chi connectivity index (χ0v) is 16.5. The number of aliphatic hydroxyl groups is 2. The Morgan fingerprint density at radius 3 is 2.13 bits per heavy atom. The summed E-state index contributed by atoms with van der Waals surface area (Å²) in [5.41, 5.74) is -1.57. The standard InChI is InChI=1S/C18H19ClF6N4O2/c19-13-5-11(18(23,24)25)7-29-16(13)27-4-3-26-14-2-1-10(17(20,21)22)6-15(14)28-8-12(31)9-30/h1-2,5-7,12,26,28,30-31H,3-4,8-9H2,(H,27,29). The number of aliphatic hydroxyl groups excluding tert-OH is 2. The maximum absolute atomic E-state index is 13.0. The van der Waals surface area contributed by atoms with Gasteiger partial charge in [-0.15, -0.1) is 0 Å². The van der Waals surface area contributed by atoms with Crippen molar-refractivity contribution in [2.45, 2.75) is 18.5 Å². The smallest absolute Gasteiger partial charge is 0.394 e. The molecule has 2 rings (SSSR count). The lowest BCUT2D eigenvalue weighted by atomic mass is 10.1. The second-order valence-corrected chi connectivity index (χ2v) is 6.79. The molecule has 0 bridgehead atoms. The topological polar surface area (TPSA) is 89.4 Å². The Kier molecular flexibility index (Phi) is 8.21. The highest BCUT2D eigenvalue weighted by atomic mass is 35.5. The summed E-state index contributed by atoms with van der Waals surface area (Å²) in [6.45, 7) is -0.463. The Morgan fingerprint density at radius 2 is 1.55 bits per heavy atom. The molecule has 31 heavy (non-hydrogen) atoms. The normalized spacial score (nSPS) is 13.1. The largest absolute Gasteiger partial charge is 0.417 e. The minimum absolute atomic E-state index is 0.0216. The molecule has 2 aromatic rings. The van der Waals surface area contributed by atoms with E-state index in [0.717, 1.165) is 18.2 Å². The van der Waals surface area contributed by atoms with Crippen LogP contribution >= 0.6 is 11.6 Å². The predicted octanol–water partition coefficient (Wildman–Crippen LogP) is 4.06. The van der Waals surface area contributed by atoms with Crippen molar-refractivity contribution in [1.29, 1.82) is 0 Å². The van der Waals surface area contributed by atoms with Crippen molar-refractivity contribution in [2.75, 3.05) is 42.2 Å². The molecule has 0 aliphatic heterocycles. The summed E-state index contributed by atoms with van der Waals surface area (Å²) in [5.74, 6) is 0.0216. The van der Waals surface area contributed by atoms with Crippen molar-refractivity contribution in [3.8, 4) is 0 Å². The molecule has 6 nitrogen and oxygen atoms in total. The Balaban J connectivity index is 2.02. The van der Waals surface area contributed by atoms with Crippen LogP contribution < -0.4 is 16.0 Å². The molecule has 0 saturated carbocycles. The van der Waals surface area contributed by atoms with Gasteiger partial charge >= 0.3 is 12.4 Å². The molecule has 5 N–H and O–H groups in total. The minimum Gasteiger partial charge on any atom is -0.394 e. The highest BCUT2D eigenvalue weighted by Crippen LogP contribution is 2.34. The lowest BCUT2D eigenvalue weighted by Gasteiger charge is -2.18. The average molecular weight is 473 g/mol. The quantitative estimate of drug-likeness (QED) is 0.279. The second kappa shape index (κ2) is 10.2. The van der Waals surface area contributed by atoms with Crippen molar-refractivity contribution in [2.24, 2.45) is 0 Å². The molecule has 0 spiro atoms. The first kappa shape index (κ1) is 24.8. The van der Waals surface area contributed by atoms with Crippen LogP contribution in [0.5, 0.6) is 0 Å². The van der Waals surface area contributed by atoms with E-state index in [4.69, 9.17) is 16.7 Å². The van der Waals surface area contributed by atoms with Crippen molar-refractivity contribution >= 4 is 28.8 Å². The van der Waals surface area contributed by atoms with Gasteiger partial charge in [-0.05, 0) is 24.3 Å². The zero-order chi connectivity index (χ0) is 23.2. The van der Waals surface area contributed by atoms with Gasteiger partial charge < -0.3 is 26.2 Å². The third-order valence-electron chi connectivity index (χ3n) is 3.99. The maximum atomic E-state index is 13.0. The van der Waals surface area contributed by atoms with Crippen molar-refractivity contribution in [1.82, 2.24) is 4.98 Å². The summed E-state index contributed by atoms with van der Waals surface area (Å²) in [6, 6.07) is 3.65. The summed E-state index contributed by atoms with van der Waals surface area (Å²) < 4.78 is 76.8. The number of alkyl halides is 6. The molecule has 1 aromatic carbocycles. The van der Waals surface area contributed by atoms with Gasteiger partial charge in [-0.3, -0.25) is 0 Å². The first-order valence-electron chi connectivity index (χ1n) is 8.86. The van der Waals surface area contributed by atoms with Crippen LogP contribution in [0, 0.1) is 0 Å². The number of nitrogens with one attached hydrogen (secondary N) is 3. The van der Waals surface area contributed by atoms with E-state index in [9.17, 15) is 31.4 Å². The third-order valence-corrected chi connectivity index (χ3v) is 4.28. The first-order chi connectivity index (χ1) is 14.4. The van der Waals surface area contributed by atoms with Gasteiger partial charge in [0.25, 0.3) is 0 Å². The van der Waals surface area contributed by atoms with E-state index >= 15 is 0 Å². The lowest BCUT2D eigenvalue weighted by molar-refractivity contribution is -0.138. The summed E-state index contributed by atoms with van der Waals surface area (Å²) in [6.07, 6.45) is -9.69. The summed E-state index contributed by atoms with van der Waals surface area (Å²) >= 11 is 5.80. The number of benzene rings is 1. The van der Waals surface area contributed by atoms with E-state index in [-0.39, 0.29) is 41.8 Å². The third kappa shape index (κ3) is 7.33. The fraction of sp³-hybridized carbons (Fsp3) is 0.389. The summed E-state index contributed by atoms with van der Waals surface area (Å²) in [7, 11) is 0. The van der Waals surface area contributed by atoms with Crippen LogP contribution in [0.4, 0.5) is 43.5 Å². The summed E-state index contributed by atoms with van der Waals surface area (Å²) in [5, 5.41) is 26.3. The molecule has 0 amide bonds. The molecular formula is C18H19ClF6N4O2. The molecule has 1 unspecified atom stereocenters. The Bertz CT molecular complexity index is 879. The van der Waals surface area contributed by atoms with E-state index in [1.807, 2.05) is 0 Å². The Labute approximate surface area is 178 Å². The molecule has 172 valence electrons. The zero-order valence-electron chi connectivity index (χ0n) is 15.8. The molecule has 1 aromatic heterocycles. The Hall–Kier alpha value is -2.44. The number of hydrogen-bond acceptors (Lipinski definition) is 6. The SMILES string of the molecule is OCC(O)CNc1cc(C(F)(F)F)ccc1NCCNc1ncc(C(F)(F)F)cc1Cl. The van der Waals surface area contributed by atoms with E-state index in [1.165, 1.54) is 6.07 Å². The molecule has 0 fully saturated rings. The average Bonchev–Trinajstić information content (AvgIpc) is 2.69. The second-order valence-electron chi connectivity index (χ2n) is 6.38. The number of halogens is 7. The number of hydrogen-bond donors (Lipinski definition) is 5. The van der Waals surface area contributed by atoms with Crippen molar-refractivity contribution in [3.63, 3.8) is 0 Å². The molecule has 1 heterocycles. The molecule has 1 atom stereocenters. The Morgan fingerprint density at radius 1 is 0.903 bits per heavy atom. The highest BCUT2D eigenvalue weighted by Gasteiger charge is 2.32. The molecule has 0 radical (unpaired) electrons. The van der Waals surface area contributed by atoms with E-state index < -0.39 is 36.2 Å². The van der Waals surface area contributed by atoms with Crippen molar-refractivity contribution < 1.29 is 36.6 Å². The van der Waals surface area contributed by atoms with Crippen LogP contribution in [0.25, 0.3) is 0 Å². The van der Waals surface area contributed by atoms with Gasteiger partial charge in [0.2, 0.25) is 0 Å². The van der Waals surface area contributed by atoms with Crippen LogP contribution in [-0.4, -0.2) is 47.5 Å². The van der Waals surface area contributed by atoms with Gasteiger partial charge in [-0.25, -0.2) is 4.98 Å². The van der Waals surface area contributed by atoms with Crippen LogP contribution in [0.1, 0.15) is 11.1 Å².